The third kappa shape index (κ3) is 7.74. The Labute approximate surface area is 397 Å². The van der Waals surface area contributed by atoms with Gasteiger partial charge in [0.15, 0.2) is 0 Å². The van der Waals surface area contributed by atoms with E-state index in [-0.39, 0.29) is 0 Å². The molecule has 1 aromatic heterocycles. The van der Waals surface area contributed by atoms with Gasteiger partial charge in [-0.25, -0.2) is 0 Å². The summed E-state index contributed by atoms with van der Waals surface area (Å²) in [6, 6.07) is 101. The molecule has 0 aliphatic heterocycles. The van der Waals surface area contributed by atoms with Gasteiger partial charge in [0.2, 0.25) is 0 Å². The van der Waals surface area contributed by atoms with Gasteiger partial charge in [0.1, 0.15) is 0 Å². The van der Waals surface area contributed by atoms with Crippen LogP contribution >= 0.6 is 0 Å². The van der Waals surface area contributed by atoms with Gasteiger partial charge in [-0.3, -0.25) is 0 Å². The van der Waals surface area contributed by atoms with Crippen LogP contribution < -0.4 is 4.90 Å². The molecular formula is C66H46N2. The van der Waals surface area contributed by atoms with E-state index in [1.165, 1.54) is 60.8 Å². The van der Waals surface area contributed by atoms with Crippen LogP contribution in [0.4, 0.5) is 17.1 Å². The Morgan fingerprint density at radius 1 is 0.235 bits per heavy atom. The van der Waals surface area contributed by atoms with Gasteiger partial charge < -0.3 is 9.47 Å². The maximum absolute atomic E-state index is 2.43. The van der Waals surface area contributed by atoms with Crippen LogP contribution in [-0.2, 0) is 0 Å². The molecule has 12 rings (SSSR count). The maximum atomic E-state index is 2.43. The predicted octanol–water partition coefficient (Wildman–Crippen LogP) is 18.3. The molecule has 12 aromatic rings. The number of para-hydroxylation sites is 2. The van der Waals surface area contributed by atoms with Gasteiger partial charge in [-0.05, 0) is 146 Å². The summed E-state index contributed by atoms with van der Waals surface area (Å²) in [7, 11) is 0. The van der Waals surface area contributed by atoms with Crippen LogP contribution in [0.3, 0.4) is 0 Å². The van der Waals surface area contributed by atoms with E-state index in [0.717, 1.165) is 50.6 Å². The summed E-state index contributed by atoms with van der Waals surface area (Å²) < 4.78 is 2.39. The third-order valence-corrected chi connectivity index (χ3v) is 13.1. The minimum atomic E-state index is 1.07. The Balaban J connectivity index is 1.01. The highest BCUT2D eigenvalue weighted by Gasteiger charge is 2.20. The van der Waals surface area contributed by atoms with Crippen LogP contribution in [0.15, 0.2) is 279 Å². The van der Waals surface area contributed by atoms with Crippen molar-refractivity contribution in [2.24, 2.45) is 0 Å². The Bertz CT molecular complexity index is 3450. The van der Waals surface area contributed by atoms with Crippen molar-refractivity contribution in [1.82, 2.24) is 4.57 Å². The van der Waals surface area contributed by atoms with Crippen molar-refractivity contribution < 1.29 is 0 Å². The first-order chi connectivity index (χ1) is 33.7. The maximum Gasteiger partial charge on any atom is 0.0547 e. The highest BCUT2D eigenvalue weighted by Crippen LogP contribution is 2.44. The molecule has 2 nitrogen and oxygen atoms in total. The molecule has 1 heterocycles. The second-order valence-electron chi connectivity index (χ2n) is 17.4. The number of fused-ring (bicyclic) bond motifs is 3. The van der Waals surface area contributed by atoms with E-state index in [0.29, 0.717) is 0 Å². The number of hydrogen-bond acceptors (Lipinski definition) is 1. The summed E-state index contributed by atoms with van der Waals surface area (Å²) in [6.45, 7) is 0. The zero-order valence-electron chi connectivity index (χ0n) is 37.5. The Morgan fingerprint density at radius 2 is 0.618 bits per heavy atom. The monoisotopic (exact) mass is 866 g/mol. The molecule has 0 aliphatic rings. The lowest BCUT2D eigenvalue weighted by Gasteiger charge is -2.28. The molecule has 0 aliphatic carbocycles. The highest BCUT2D eigenvalue weighted by molar-refractivity contribution is 6.16. The molecule has 320 valence electrons. The number of benzene rings is 11. The number of anilines is 3. The van der Waals surface area contributed by atoms with Crippen molar-refractivity contribution in [1.29, 1.82) is 0 Å². The summed E-state index contributed by atoms with van der Waals surface area (Å²) in [6.07, 6.45) is 0. The Kier molecular flexibility index (Phi) is 10.6. The van der Waals surface area contributed by atoms with Crippen LogP contribution in [0, 0.1) is 0 Å². The molecule has 2 heteroatoms. The SMILES string of the molecule is c1ccc(-c2cc(-c3ccccc3)cc(N(c3ccc(-c4cccc(-c5cccc6c5c5ccccc5n6-c5ccccc5)c4)cc3)c3cc(-c4ccccc4)cc(-c4ccccc4)c3)c2)cc1. The lowest BCUT2D eigenvalue weighted by Crippen LogP contribution is -2.11. The van der Waals surface area contributed by atoms with E-state index in [1.807, 2.05) is 0 Å². The van der Waals surface area contributed by atoms with Gasteiger partial charge in [-0.2, -0.15) is 0 Å². The van der Waals surface area contributed by atoms with Crippen molar-refractivity contribution in [2.45, 2.75) is 0 Å². The number of nitrogens with zero attached hydrogens (tertiary/aromatic N) is 2. The van der Waals surface area contributed by atoms with Crippen LogP contribution in [0.2, 0.25) is 0 Å². The second kappa shape index (κ2) is 17.8. The van der Waals surface area contributed by atoms with E-state index >= 15 is 0 Å². The quantitative estimate of drug-likeness (QED) is 0.133. The summed E-state index contributed by atoms with van der Waals surface area (Å²) in [4.78, 5) is 2.43. The predicted molar refractivity (Wildman–Crippen MR) is 288 cm³/mol. The molecule has 0 unspecified atom stereocenters. The molecule has 0 radical (unpaired) electrons. The summed E-state index contributed by atoms with van der Waals surface area (Å²) in [5.41, 5.74) is 20.8. The van der Waals surface area contributed by atoms with Crippen molar-refractivity contribution >= 4 is 38.9 Å². The van der Waals surface area contributed by atoms with Gasteiger partial charge in [0.25, 0.3) is 0 Å². The molecular weight excluding hydrogens is 821 g/mol. The minimum Gasteiger partial charge on any atom is -0.310 e. The first-order valence-electron chi connectivity index (χ1n) is 23.3. The van der Waals surface area contributed by atoms with Gasteiger partial charge in [-0.15, -0.1) is 0 Å². The Hall–Kier alpha value is -8.98. The molecule has 0 spiro atoms. The fraction of sp³-hybridized carbons (Fsp3) is 0. The number of aromatic nitrogens is 1. The van der Waals surface area contributed by atoms with E-state index in [1.54, 1.807) is 0 Å². The van der Waals surface area contributed by atoms with Gasteiger partial charge in [0.05, 0.1) is 11.0 Å². The van der Waals surface area contributed by atoms with Crippen molar-refractivity contribution in [3.63, 3.8) is 0 Å². The van der Waals surface area contributed by atoms with Gasteiger partial charge in [0, 0.05) is 33.5 Å². The normalized spacial score (nSPS) is 11.2. The topological polar surface area (TPSA) is 8.17 Å². The lowest BCUT2D eigenvalue weighted by atomic mass is 9.95. The summed E-state index contributed by atoms with van der Waals surface area (Å²) in [5.74, 6) is 0. The van der Waals surface area contributed by atoms with Crippen molar-refractivity contribution in [2.75, 3.05) is 4.90 Å². The van der Waals surface area contributed by atoms with E-state index in [2.05, 4.69) is 289 Å². The van der Waals surface area contributed by atoms with Crippen molar-refractivity contribution in [3.05, 3.63) is 279 Å². The molecule has 0 amide bonds. The van der Waals surface area contributed by atoms with E-state index < -0.39 is 0 Å². The fourth-order valence-electron chi connectivity index (χ4n) is 9.90. The zero-order chi connectivity index (χ0) is 45.2. The molecule has 0 saturated carbocycles. The van der Waals surface area contributed by atoms with E-state index in [9.17, 15) is 0 Å². The molecule has 0 saturated heterocycles. The van der Waals surface area contributed by atoms with Crippen LogP contribution in [0.25, 0.3) is 94.3 Å². The second-order valence-corrected chi connectivity index (χ2v) is 17.4. The molecule has 0 bridgehead atoms. The fourth-order valence-corrected chi connectivity index (χ4v) is 9.90. The largest absolute Gasteiger partial charge is 0.310 e. The minimum absolute atomic E-state index is 1.07. The Morgan fingerprint density at radius 3 is 1.13 bits per heavy atom. The zero-order valence-corrected chi connectivity index (χ0v) is 37.5. The smallest absolute Gasteiger partial charge is 0.0547 e. The van der Waals surface area contributed by atoms with Gasteiger partial charge >= 0.3 is 0 Å². The summed E-state index contributed by atoms with van der Waals surface area (Å²) in [5, 5.41) is 2.51. The highest BCUT2D eigenvalue weighted by atomic mass is 15.1. The molecule has 68 heavy (non-hydrogen) atoms. The van der Waals surface area contributed by atoms with Crippen LogP contribution in [-0.4, -0.2) is 4.57 Å². The first-order valence-corrected chi connectivity index (χ1v) is 23.3. The summed E-state index contributed by atoms with van der Waals surface area (Å²) >= 11 is 0. The average Bonchev–Trinajstić information content (AvgIpc) is 3.77. The van der Waals surface area contributed by atoms with Gasteiger partial charge in [-0.1, -0.05) is 200 Å². The van der Waals surface area contributed by atoms with Crippen molar-refractivity contribution in [3.8, 4) is 72.4 Å². The standard InChI is InChI=1S/C66H46N2/c1-6-20-47(21-7-1)54-41-55(48-22-8-2-9-23-48)44-60(43-54)67(61-45-56(49-24-10-3-11-25-49)42-57(46-61)50-26-12-4-13-27-50)59-38-36-51(37-39-59)52-28-18-29-53(40-52)62-33-19-35-65-66(62)63-32-16-17-34-64(63)68(65)58-30-14-5-15-31-58/h1-46H. The molecule has 0 atom stereocenters. The van der Waals surface area contributed by atoms with E-state index in [4.69, 9.17) is 0 Å². The third-order valence-electron chi connectivity index (χ3n) is 13.1. The molecule has 11 aromatic carbocycles. The number of hydrogen-bond donors (Lipinski definition) is 0. The number of rotatable bonds is 10. The lowest BCUT2D eigenvalue weighted by molar-refractivity contribution is 1.18. The van der Waals surface area contributed by atoms with Crippen LogP contribution in [0.5, 0.6) is 0 Å². The molecule has 0 N–H and O–H groups in total. The average molecular weight is 867 g/mol. The molecule has 0 fully saturated rings. The van der Waals surface area contributed by atoms with Crippen LogP contribution in [0.1, 0.15) is 0 Å². The first kappa shape index (κ1) is 40.5.